The molecule has 1 aliphatic heterocycles. The number of likely N-dealkylation sites (tertiary alicyclic amines) is 1. The molecular weight excluding hydrogens is 262 g/mol. The lowest BCUT2D eigenvalue weighted by molar-refractivity contribution is -0.182. The number of fused-ring (bicyclic) bond motifs is 1. The van der Waals surface area contributed by atoms with E-state index in [1.807, 2.05) is 6.07 Å². The molecule has 114 valence electrons. The summed E-state index contributed by atoms with van der Waals surface area (Å²) in [4.78, 5) is 14.3. The van der Waals surface area contributed by atoms with E-state index in [0.29, 0.717) is 12.0 Å². The molecule has 3 nitrogen and oxygen atoms in total. The molecule has 0 radical (unpaired) electrons. The Morgan fingerprint density at radius 3 is 2.67 bits per heavy atom. The van der Waals surface area contributed by atoms with Crippen molar-refractivity contribution in [1.82, 2.24) is 4.90 Å². The lowest BCUT2D eigenvalue weighted by Gasteiger charge is -2.53. The van der Waals surface area contributed by atoms with Gasteiger partial charge >= 0.3 is 5.97 Å². The summed E-state index contributed by atoms with van der Waals surface area (Å²) in [5.41, 5.74) is 0.746. The van der Waals surface area contributed by atoms with Crippen LogP contribution in [0.2, 0.25) is 0 Å². The van der Waals surface area contributed by atoms with Gasteiger partial charge in [-0.05, 0) is 25.5 Å². The minimum Gasteiger partial charge on any atom is -0.454 e. The summed E-state index contributed by atoms with van der Waals surface area (Å²) < 4.78 is 6.02. The summed E-state index contributed by atoms with van der Waals surface area (Å²) in [6, 6.07) is 10.9. The topological polar surface area (TPSA) is 29.5 Å². The first kappa shape index (κ1) is 14.6. The van der Waals surface area contributed by atoms with E-state index in [9.17, 15) is 4.79 Å². The maximum Gasteiger partial charge on any atom is 0.303 e. The van der Waals surface area contributed by atoms with E-state index in [2.05, 4.69) is 36.2 Å². The highest BCUT2D eigenvalue weighted by atomic mass is 16.6. The van der Waals surface area contributed by atoms with Crippen LogP contribution in [-0.2, 0) is 15.1 Å². The monoisotopic (exact) mass is 287 g/mol. The molecule has 1 aliphatic carbocycles. The first-order valence-electron chi connectivity index (χ1n) is 8.09. The fraction of sp³-hybridized carbons (Fsp3) is 0.611. The number of piperidine rings is 1. The zero-order chi connectivity index (χ0) is 14.9. The summed E-state index contributed by atoms with van der Waals surface area (Å²) in [5, 5.41) is 0. The smallest absolute Gasteiger partial charge is 0.303 e. The molecule has 3 atom stereocenters. The minimum atomic E-state index is -0.426. The van der Waals surface area contributed by atoms with E-state index in [1.165, 1.54) is 24.8 Å². The average Bonchev–Trinajstić information content (AvgIpc) is 2.51. The van der Waals surface area contributed by atoms with E-state index in [4.69, 9.17) is 4.74 Å². The zero-order valence-electron chi connectivity index (χ0n) is 13.0. The molecule has 0 bridgehead atoms. The largest absolute Gasteiger partial charge is 0.454 e. The molecule has 2 aliphatic rings. The molecule has 3 rings (SSSR count). The Morgan fingerprint density at radius 2 is 1.95 bits per heavy atom. The number of carbonyl (C=O) groups is 1. The molecule has 1 saturated carbocycles. The average molecular weight is 287 g/mol. The number of carbonyl (C=O) groups excluding carboxylic acids is 1. The molecule has 0 amide bonds. The summed E-state index contributed by atoms with van der Waals surface area (Å²) >= 11 is 0. The van der Waals surface area contributed by atoms with Crippen molar-refractivity contribution in [3.63, 3.8) is 0 Å². The van der Waals surface area contributed by atoms with Crippen LogP contribution in [0.25, 0.3) is 0 Å². The maximum absolute atomic E-state index is 11.8. The Bertz CT molecular complexity index is 501. The maximum atomic E-state index is 11.8. The SMILES string of the molecule is CC(=O)O[C@]1(c2ccccc2)CCN(C)[C@H]2CCCC[C@@H]21. The van der Waals surface area contributed by atoms with Crippen molar-refractivity contribution in [2.24, 2.45) is 5.92 Å². The van der Waals surface area contributed by atoms with Gasteiger partial charge in [-0.3, -0.25) is 4.79 Å². The third kappa shape index (κ3) is 2.59. The van der Waals surface area contributed by atoms with E-state index >= 15 is 0 Å². The molecule has 0 aromatic heterocycles. The molecule has 2 fully saturated rings. The lowest BCUT2D eigenvalue weighted by Crippen LogP contribution is -2.57. The lowest BCUT2D eigenvalue weighted by atomic mass is 9.66. The van der Waals surface area contributed by atoms with Gasteiger partial charge in [0, 0.05) is 31.8 Å². The first-order valence-corrected chi connectivity index (χ1v) is 8.09. The molecule has 0 N–H and O–H groups in total. The van der Waals surface area contributed by atoms with E-state index in [0.717, 1.165) is 19.4 Å². The summed E-state index contributed by atoms with van der Waals surface area (Å²) in [5.74, 6) is 0.254. The Labute approximate surface area is 127 Å². The first-order chi connectivity index (χ1) is 10.1. The highest BCUT2D eigenvalue weighted by molar-refractivity contribution is 5.67. The van der Waals surface area contributed by atoms with Crippen LogP contribution in [-0.4, -0.2) is 30.5 Å². The van der Waals surface area contributed by atoms with Crippen LogP contribution in [0.4, 0.5) is 0 Å². The fourth-order valence-electron chi connectivity index (χ4n) is 4.40. The van der Waals surface area contributed by atoms with Gasteiger partial charge in [-0.15, -0.1) is 0 Å². The van der Waals surface area contributed by atoms with Crippen LogP contribution in [0.15, 0.2) is 30.3 Å². The summed E-state index contributed by atoms with van der Waals surface area (Å²) in [6.45, 7) is 2.53. The quantitative estimate of drug-likeness (QED) is 0.781. The molecule has 21 heavy (non-hydrogen) atoms. The molecule has 1 aromatic carbocycles. The fourth-order valence-corrected chi connectivity index (χ4v) is 4.40. The van der Waals surface area contributed by atoms with Gasteiger partial charge in [0.1, 0.15) is 5.60 Å². The molecule has 1 heterocycles. The minimum absolute atomic E-state index is 0.160. The van der Waals surface area contributed by atoms with Crippen molar-refractivity contribution in [3.05, 3.63) is 35.9 Å². The number of hydrogen-bond donors (Lipinski definition) is 0. The molecule has 0 spiro atoms. The van der Waals surface area contributed by atoms with Gasteiger partial charge in [-0.25, -0.2) is 0 Å². The van der Waals surface area contributed by atoms with Crippen molar-refractivity contribution in [3.8, 4) is 0 Å². The van der Waals surface area contributed by atoms with Gasteiger partial charge in [-0.2, -0.15) is 0 Å². The summed E-state index contributed by atoms with van der Waals surface area (Å²) in [6.07, 6.45) is 5.80. The second-order valence-electron chi connectivity index (χ2n) is 6.54. The number of ether oxygens (including phenoxy) is 1. The van der Waals surface area contributed by atoms with Crippen LogP contribution in [0.5, 0.6) is 0 Å². The Hall–Kier alpha value is -1.35. The highest BCUT2D eigenvalue weighted by Crippen LogP contribution is 2.48. The number of nitrogens with zero attached hydrogens (tertiary/aromatic N) is 1. The van der Waals surface area contributed by atoms with Gasteiger partial charge in [0.05, 0.1) is 0 Å². The number of benzene rings is 1. The molecule has 3 heteroatoms. The van der Waals surface area contributed by atoms with Crippen molar-refractivity contribution in [2.45, 2.75) is 50.7 Å². The van der Waals surface area contributed by atoms with Gasteiger partial charge < -0.3 is 9.64 Å². The highest BCUT2D eigenvalue weighted by Gasteiger charge is 2.51. The van der Waals surface area contributed by atoms with Crippen molar-refractivity contribution < 1.29 is 9.53 Å². The Kier molecular flexibility index (Phi) is 4.03. The van der Waals surface area contributed by atoms with Crippen molar-refractivity contribution in [1.29, 1.82) is 0 Å². The third-order valence-corrected chi connectivity index (χ3v) is 5.32. The van der Waals surface area contributed by atoms with Crippen LogP contribution >= 0.6 is 0 Å². The summed E-state index contributed by atoms with van der Waals surface area (Å²) in [7, 11) is 2.21. The standard InChI is InChI=1S/C18H25NO2/c1-14(20)21-18(15-8-4-3-5-9-15)12-13-19(2)17-11-7-6-10-16(17)18/h3-5,8-9,16-17H,6-7,10-13H2,1-2H3/t16-,17-,18-/m0/s1. The van der Waals surface area contributed by atoms with E-state index in [1.54, 1.807) is 6.92 Å². The molecular formula is C18H25NO2. The van der Waals surface area contributed by atoms with Crippen molar-refractivity contribution >= 4 is 5.97 Å². The van der Waals surface area contributed by atoms with Gasteiger partial charge in [-0.1, -0.05) is 43.2 Å². The van der Waals surface area contributed by atoms with Crippen LogP contribution in [0.1, 0.15) is 44.6 Å². The number of hydrogen-bond acceptors (Lipinski definition) is 3. The van der Waals surface area contributed by atoms with E-state index < -0.39 is 5.60 Å². The molecule has 0 unspecified atom stereocenters. The van der Waals surface area contributed by atoms with Gasteiger partial charge in [0.2, 0.25) is 0 Å². The predicted molar refractivity (Wildman–Crippen MR) is 82.9 cm³/mol. The zero-order valence-corrected chi connectivity index (χ0v) is 13.0. The van der Waals surface area contributed by atoms with Gasteiger partial charge in [0.25, 0.3) is 0 Å². The number of esters is 1. The Balaban J connectivity index is 2.03. The van der Waals surface area contributed by atoms with Crippen molar-refractivity contribution in [2.75, 3.05) is 13.6 Å². The number of rotatable bonds is 2. The second kappa shape index (κ2) is 5.80. The second-order valence-corrected chi connectivity index (χ2v) is 6.54. The molecule has 1 aromatic rings. The molecule has 1 saturated heterocycles. The third-order valence-electron chi connectivity index (χ3n) is 5.32. The van der Waals surface area contributed by atoms with Gasteiger partial charge in [0.15, 0.2) is 0 Å². The van der Waals surface area contributed by atoms with E-state index in [-0.39, 0.29) is 5.97 Å². The normalized spacial score (nSPS) is 33.2. The van der Waals surface area contributed by atoms with Crippen LogP contribution < -0.4 is 0 Å². The van der Waals surface area contributed by atoms with Crippen LogP contribution in [0, 0.1) is 5.92 Å². The van der Waals surface area contributed by atoms with Crippen LogP contribution in [0.3, 0.4) is 0 Å². The Morgan fingerprint density at radius 1 is 1.24 bits per heavy atom. The predicted octanol–water partition coefficient (Wildman–Crippen LogP) is 3.34.